The lowest BCUT2D eigenvalue weighted by atomic mass is 10.2. The van der Waals surface area contributed by atoms with Crippen LogP contribution in [0.15, 0.2) is 18.8 Å². The lowest BCUT2D eigenvalue weighted by Crippen LogP contribution is -2.19. The highest BCUT2D eigenvalue weighted by Crippen LogP contribution is 2.15. The summed E-state index contributed by atoms with van der Waals surface area (Å²) in [5.41, 5.74) is 1.50. The predicted octanol–water partition coefficient (Wildman–Crippen LogP) is 0.434. The van der Waals surface area contributed by atoms with Crippen molar-refractivity contribution < 1.29 is 4.21 Å². The van der Waals surface area contributed by atoms with Gasteiger partial charge in [-0.25, -0.2) is 4.21 Å². The first-order chi connectivity index (χ1) is 5.63. The number of rotatable bonds is 3. The van der Waals surface area contributed by atoms with Crippen LogP contribution in [0.3, 0.4) is 0 Å². The Morgan fingerprint density at radius 2 is 2.58 bits per heavy atom. The maximum atomic E-state index is 10.9. The zero-order valence-corrected chi connectivity index (χ0v) is 7.60. The lowest BCUT2D eigenvalue weighted by molar-refractivity contribution is 0.681. The quantitative estimate of drug-likeness (QED) is 0.717. The molecule has 0 amide bonds. The molecule has 0 spiro atoms. The summed E-state index contributed by atoms with van der Waals surface area (Å²) in [5, 5.41) is 11.5. The van der Waals surface area contributed by atoms with Gasteiger partial charge in [-0.3, -0.25) is 10.2 Å². The number of nitrogens with one attached hydrogen (secondary N) is 1. The summed E-state index contributed by atoms with van der Waals surface area (Å²) in [6, 6.07) is 1.77. The third-order valence-electron chi connectivity index (χ3n) is 1.69. The number of aromatic nitrogens is 2. The van der Waals surface area contributed by atoms with Crippen molar-refractivity contribution in [2.75, 3.05) is 0 Å². The molecule has 12 heavy (non-hydrogen) atoms. The van der Waals surface area contributed by atoms with Crippen molar-refractivity contribution in [2.45, 2.75) is 12.2 Å². The third kappa shape index (κ3) is 1.80. The molecule has 0 bridgehead atoms. The average molecular weight is 185 g/mol. The van der Waals surface area contributed by atoms with Crippen molar-refractivity contribution in [2.24, 2.45) is 5.14 Å². The van der Waals surface area contributed by atoms with Crippen LogP contribution in [0.5, 0.6) is 0 Å². The van der Waals surface area contributed by atoms with Gasteiger partial charge in [0.25, 0.3) is 0 Å². The van der Waals surface area contributed by atoms with Crippen molar-refractivity contribution >= 4 is 16.6 Å². The summed E-state index contributed by atoms with van der Waals surface area (Å²) in [6.45, 7) is 5.54. The Morgan fingerprint density at radius 1 is 1.92 bits per heavy atom. The summed E-state index contributed by atoms with van der Waals surface area (Å²) in [7, 11) is -1.37. The zero-order valence-electron chi connectivity index (χ0n) is 6.78. The minimum absolute atomic E-state index is 0.245. The molecular formula is C7H11N3OS. The molecule has 5 heteroatoms. The molecular weight excluding hydrogens is 174 g/mol. The van der Waals surface area contributed by atoms with Crippen LogP contribution in [0, 0.1) is 0 Å². The van der Waals surface area contributed by atoms with Gasteiger partial charge in [0, 0.05) is 6.20 Å². The normalized spacial score (nSPS) is 15.5. The van der Waals surface area contributed by atoms with E-state index >= 15 is 0 Å². The molecule has 1 heterocycles. The maximum Gasteiger partial charge on any atom is 0.0962 e. The summed E-state index contributed by atoms with van der Waals surface area (Å²) >= 11 is 0. The summed E-state index contributed by atoms with van der Waals surface area (Å²) in [6.07, 6.45) is 1.62. The molecule has 4 nitrogen and oxygen atoms in total. The average Bonchev–Trinajstić information content (AvgIpc) is 2.53. The second kappa shape index (κ2) is 3.64. The standard InChI is InChI=1S/C7H11N3OS/c1-5(6(2)12(8)11)7-3-4-9-10-7/h3-4,6H,1,8H2,2H3,(H,9,10). The second-order valence-corrected chi connectivity index (χ2v) is 3.83. The molecule has 2 atom stereocenters. The van der Waals surface area contributed by atoms with Crippen LogP contribution >= 0.6 is 0 Å². The van der Waals surface area contributed by atoms with Gasteiger partial charge in [-0.1, -0.05) is 6.58 Å². The van der Waals surface area contributed by atoms with E-state index in [0.717, 1.165) is 5.69 Å². The largest absolute Gasteiger partial charge is 0.278 e. The molecule has 0 saturated carbocycles. The number of hydrogen-bond donors (Lipinski definition) is 2. The highest BCUT2D eigenvalue weighted by atomic mass is 32.2. The molecule has 0 aliphatic heterocycles. The Bertz CT molecular complexity index is 294. The van der Waals surface area contributed by atoms with E-state index in [1.54, 1.807) is 19.2 Å². The van der Waals surface area contributed by atoms with Crippen LogP contribution in [0.1, 0.15) is 12.6 Å². The van der Waals surface area contributed by atoms with E-state index < -0.39 is 11.0 Å². The van der Waals surface area contributed by atoms with Crippen LogP contribution in [-0.4, -0.2) is 19.7 Å². The SMILES string of the molecule is C=C(c1ccn[nH]1)C(C)S(N)=O. The Labute approximate surface area is 73.4 Å². The molecule has 1 aromatic heterocycles. The van der Waals surface area contributed by atoms with Crippen molar-refractivity contribution in [3.8, 4) is 0 Å². The van der Waals surface area contributed by atoms with Crippen LogP contribution in [-0.2, 0) is 11.0 Å². The topological polar surface area (TPSA) is 71.8 Å². The fourth-order valence-electron chi connectivity index (χ4n) is 0.794. The first-order valence-electron chi connectivity index (χ1n) is 3.46. The second-order valence-electron chi connectivity index (χ2n) is 2.47. The third-order valence-corrected chi connectivity index (χ3v) is 2.67. The lowest BCUT2D eigenvalue weighted by Gasteiger charge is -2.08. The van der Waals surface area contributed by atoms with Gasteiger partial charge in [-0.15, -0.1) is 0 Å². The van der Waals surface area contributed by atoms with Crippen LogP contribution < -0.4 is 5.14 Å². The molecule has 3 N–H and O–H groups in total. The minimum atomic E-state index is -1.37. The van der Waals surface area contributed by atoms with Gasteiger partial charge >= 0.3 is 0 Å². The molecule has 1 aromatic rings. The van der Waals surface area contributed by atoms with Gasteiger partial charge in [0.2, 0.25) is 0 Å². The van der Waals surface area contributed by atoms with Gasteiger partial charge in [0.05, 0.1) is 21.9 Å². The molecule has 1 rings (SSSR count). The van der Waals surface area contributed by atoms with Gasteiger partial charge in [-0.05, 0) is 18.6 Å². The van der Waals surface area contributed by atoms with E-state index in [-0.39, 0.29) is 5.25 Å². The summed E-state index contributed by atoms with van der Waals surface area (Å²) in [4.78, 5) is 0. The smallest absolute Gasteiger partial charge is 0.0962 e. The molecule has 0 fully saturated rings. The Morgan fingerprint density at radius 3 is 3.00 bits per heavy atom. The molecule has 0 aliphatic carbocycles. The predicted molar refractivity (Wildman–Crippen MR) is 49.4 cm³/mol. The number of nitrogens with two attached hydrogens (primary N) is 1. The fourth-order valence-corrected chi connectivity index (χ4v) is 1.20. The van der Waals surface area contributed by atoms with E-state index in [0.29, 0.717) is 5.57 Å². The van der Waals surface area contributed by atoms with Gasteiger partial charge in [-0.2, -0.15) is 5.10 Å². The highest BCUT2D eigenvalue weighted by molar-refractivity contribution is 7.83. The Kier molecular flexibility index (Phi) is 2.78. The number of aromatic amines is 1. The maximum absolute atomic E-state index is 10.9. The van der Waals surface area contributed by atoms with Crippen LogP contribution in [0.4, 0.5) is 0 Å². The number of nitrogens with zero attached hydrogens (tertiary/aromatic N) is 1. The van der Waals surface area contributed by atoms with E-state index in [4.69, 9.17) is 5.14 Å². The van der Waals surface area contributed by atoms with Crippen molar-refractivity contribution in [3.63, 3.8) is 0 Å². The summed E-state index contributed by atoms with van der Waals surface area (Å²) < 4.78 is 10.9. The molecule has 66 valence electrons. The number of hydrogen-bond acceptors (Lipinski definition) is 2. The van der Waals surface area contributed by atoms with Crippen molar-refractivity contribution in [3.05, 3.63) is 24.5 Å². The Hall–Kier alpha value is -0.940. The van der Waals surface area contributed by atoms with Crippen LogP contribution in [0.2, 0.25) is 0 Å². The van der Waals surface area contributed by atoms with E-state index in [1.165, 1.54) is 0 Å². The first kappa shape index (κ1) is 9.15. The fraction of sp³-hybridized carbons (Fsp3) is 0.286. The summed E-state index contributed by atoms with van der Waals surface area (Å²) in [5.74, 6) is 0. The van der Waals surface area contributed by atoms with E-state index in [9.17, 15) is 4.21 Å². The molecule has 0 saturated heterocycles. The van der Waals surface area contributed by atoms with Gasteiger partial charge in [0.15, 0.2) is 0 Å². The van der Waals surface area contributed by atoms with Crippen molar-refractivity contribution in [1.29, 1.82) is 0 Å². The highest BCUT2D eigenvalue weighted by Gasteiger charge is 2.13. The van der Waals surface area contributed by atoms with E-state index in [2.05, 4.69) is 16.8 Å². The monoisotopic (exact) mass is 185 g/mol. The van der Waals surface area contributed by atoms with Gasteiger partial charge < -0.3 is 0 Å². The van der Waals surface area contributed by atoms with Crippen molar-refractivity contribution in [1.82, 2.24) is 10.2 Å². The Balaban J connectivity index is 2.79. The minimum Gasteiger partial charge on any atom is -0.278 e. The number of H-pyrrole nitrogens is 1. The first-order valence-corrected chi connectivity index (χ1v) is 4.74. The zero-order chi connectivity index (χ0) is 9.14. The molecule has 0 aromatic carbocycles. The van der Waals surface area contributed by atoms with E-state index in [1.807, 2.05) is 0 Å². The van der Waals surface area contributed by atoms with Crippen LogP contribution in [0.25, 0.3) is 5.57 Å². The molecule has 0 radical (unpaired) electrons. The molecule has 0 aliphatic rings. The molecule has 2 unspecified atom stereocenters. The van der Waals surface area contributed by atoms with Gasteiger partial charge in [0.1, 0.15) is 0 Å².